The molecule has 2 aromatic carbocycles. The minimum atomic E-state index is -0.765. The molecule has 0 fully saturated rings. The van der Waals surface area contributed by atoms with Gasteiger partial charge in [-0.15, -0.1) is 0 Å². The van der Waals surface area contributed by atoms with Gasteiger partial charge in [0.2, 0.25) is 11.8 Å². The number of Topliss-reactive ketones (excluding diaryl/α,β-unsaturated/α-hetero) is 1. The molecule has 0 radical (unpaired) electrons. The first kappa shape index (κ1) is 19.9. The first-order valence-electron chi connectivity index (χ1n) is 10.0. The van der Waals surface area contributed by atoms with Crippen molar-refractivity contribution in [1.82, 2.24) is 5.32 Å². The number of methoxy groups -OCH3 is 1. The highest BCUT2D eigenvalue weighted by Crippen LogP contribution is 2.39. The Hall–Kier alpha value is -3.41. The number of carbonyl (C=O) groups is 3. The van der Waals surface area contributed by atoms with Gasteiger partial charge in [0.15, 0.2) is 5.78 Å². The molecule has 2 N–H and O–H groups in total. The number of allylic oxidation sites excluding steroid dienone is 1. The summed E-state index contributed by atoms with van der Waals surface area (Å²) in [5, 5.41) is 5.71. The third-order valence-electron chi connectivity index (χ3n) is 5.73. The molecule has 154 valence electrons. The molecule has 1 heterocycles. The van der Waals surface area contributed by atoms with Gasteiger partial charge in [-0.05, 0) is 54.7 Å². The highest BCUT2D eigenvalue weighted by Gasteiger charge is 2.40. The Morgan fingerprint density at radius 3 is 2.53 bits per heavy atom. The van der Waals surface area contributed by atoms with Crippen molar-refractivity contribution in [3.05, 3.63) is 70.9 Å². The molecule has 0 aromatic heterocycles. The predicted octanol–water partition coefficient (Wildman–Crippen LogP) is 3.48. The van der Waals surface area contributed by atoms with Crippen LogP contribution in [0.15, 0.2) is 59.8 Å². The molecule has 6 heteroatoms. The summed E-state index contributed by atoms with van der Waals surface area (Å²) in [5.41, 5.74) is 3.71. The number of hydrogen-bond acceptors (Lipinski definition) is 4. The minimum Gasteiger partial charge on any atom is -0.497 e. The van der Waals surface area contributed by atoms with Crippen LogP contribution in [0.2, 0.25) is 0 Å². The maximum Gasteiger partial charge on any atom is 0.232 e. The molecule has 0 saturated carbocycles. The number of ether oxygens (including phenoxy) is 1. The van der Waals surface area contributed by atoms with Gasteiger partial charge in [0.05, 0.1) is 13.0 Å². The SMILES string of the molecule is COc1ccc([C@H]2CC(=O)C3=C(C2)NC(=O)C[C@@H]3C(=O)Nc2cccc(C)c2)cc1. The van der Waals surface area contributed by atoms with Crippen LogP contribution in [0.1, 0.15) is 36.3 Å². The van der Waals surface area contributed by atoms with Crippen molar-refractivity contribution in [3.8, 4) is 5.75 Å². The summed E-state index contributed by atoms with van der Waals surface area (Å²) in [5.74, 6) is -0.693. The zero-order valence-electron chi connectivity index (χ0n) is 17.0. The van der Waals surface area contributed by atoms with Crippen LogP contribution in [-0.2, 0) is 14.4 Å². The second-order valence-electron chi connectivity index (χ2n) is 7.86. The molecule has 2 amide bonds. The molecule has 2 aromatic rings. The smallest absolute Gasteiger partial charge is 0.232 e. The Labute approximate surface area is 175 Å². The first-order chi connectivity index (χ1) is 14.4. The largest absolute Gasteiger partial charge is 0.497 e. The van der Waals surface area contributed by atoms with E-state index in [-0.39, 0.29) is 29.9 Å². The summed E-state index contributed by atoms with van der Waals surface area (Å²) < 4.78 is 5.20. The lowest BCUT2D eigenvalue weighted by atomic mass is 9.75. The molecular weight excluding hydrogens is 380 g/mol. The third-order valence-corrected chi connectivity index (χ3v) is 5.73. The van der Waals surface area contributed by atoms with Crippen LogP contribution in [0.5, 0.6) is 5.75 Å². The molecule has 0 spiro atoms. The van der Waals surface area contributed by atoms with E-state index in [4.69, 9.17) is 4.74 Å². The zero-order valence-corrected chi connectivity index (χ0v) is 17.0. The van der Waals surface area contributed by atoms with E-state index >= 15 is 0 Å². The normalized spacial score (nSPS) is 21.0. The van der Waals surface area contributed by atoms with Crippen molar-refractivity contribution in [2.45, 2.75) is 32.1 Å². The van der Waals surface area contributed by atoms with Gasteiger partial charge in [0, 0.05) is 29.8 Å². The van der Waals surface area contributed by atoms with E-state index in [9.17, 15) is 14.4 Å². The Morgan fingerprint density at radius 1 is 1.07 bits per heavy atom. The van der Waals surface area contributed by atoms with E-state index in [1.54, 1.807) is 13.2 Å². The highest BCUT2D eigenvalue weighted by molar-refractivity contribution is 6.09. The molecule has 1 aliphatic heterocycles. The molecule has 2 atom stereocenters. The summed E-state index contributed by atoms with van der Waals surface area (Å²) in [4.78, 5) is 38.3. The Kier molecular flexibility index (Phi) is 5.40. The Morgan fingerprint density at radius 2 is 1.83 bits per heavy atom. The van der Waals surface area contributed by atoms with Crippen LogP contribution < -0.4 is 15.4 Å². The Bertz CT molecular complexity index is 1040. The van der Waals surface area contributed by atoms with Gasteiger partial charge < -0.3 is 15.4 Å². The number of ketones is 1. The summed E-state index contributed by atoms with van der Waals surface area (Å²) >= 11 is 0. The second-order valence-corrected chi connectivity index (χ2v) is 7.86. The van der Waals surface area contributed by atoms with Crippen molar-refractivity contribution < 1.29 is 19.1 Å². The van der Waals surface area contributed by atoms with Gasteiger partial charge in [0.25, 0.3) is 0 Å². The van der Waals surface area contributed by atoms with Crippen molar-refractivity contribution >= 4 is 23.3 Å². The van der Waals surface area contributed by atoms with Gasteiger partial charge in [0.1, 0.15) is 5.75 Å². The van der Waals surface area contributed by atoms with Crippen molar-refractivity contribution in [1.29, 1.82) is 0 Å². The number of anilines is 1. The molecule has 4 rings (SSSR count). The molecule has 0 unspecified atom stereocenters. The molecular formula is C24H24N2O4. The first-order valence-corrected chi connectivity index (χ1v) is 10.0. The number of nitrogens with one attached hydrogen (secondary N) is 2. The number of hydrogen-bond donors (Lipinski definition) is 2. The average molecular weight is 404 g/mol. The van der Waals surface area contributed by atoms with E-state index in [1.165, 1.54) is 0 Å². The minimum absolute atomic E-state index is 0.0184. The quantitative estimate of drug-likeness (QED) is 0.817. The van der Waals surface area contributed by atoms with E-state index < -0.39 is 5.92 Å². The monoisotopic (exact) mass is 404 g/mol. The lowest BCUT2D eigenvalue weighted by Gasteiger charge is -2.33. The number of amides is 2. The van der Waals surface area contributed by atoms with Crippen LogP contribution in [-0.4, -0.2) is 24.7 Å². The highest BCUT2D eigenvalue weighted by atomic mass is 16.5. The van der Waals surface area contributed by atoms with Crippen molar-refractivity contribution in [2.24, 2.45) is 5.92 Å². The van der Waals surface area contributed by atoms with Gasteiger partial charge in [-0.2, -0.15) is 0 Å². The fraction of sp³-hybridized carbons (Fsp3) is 0.292. The summed E-state index contributed by atoms with van der Waals surface area (Å²) in [7, 11) is 1.61. The van der Waals surface area contributed by atoms with Crippen LogP contribution >= 0.6 is 0 Å². The molecule has 1 aliphatic carbocycles. The van der Waals surface area contributed by atoms with Gasteiger partial charge in [-0.25, -0.2) is 0 Å². The lowest BCUT2D eigenvalue weighted by molar-refractivity contribution is -0.129. The zero-order chi connectivity index (χ0) is 21.3. The second kappa shape index (κ2) is 8.14. The standard InChI is InChI=1S/C24H24N2O4/c1-14-4-3-5-17(10-14)25-24(29)19-13-22(28)26-20-11-16(12-21(27)23(19)20)15-6-8-18(30-2)9-7-15/h3-10,16,19H,11-13H2,1-2H3,(H,25,29)(H,26,28)/t16-,19+/m1/s1. The predicted molar refractivity (Wildman–Crippen MR) is 113 cm³/mol. The van der Waals surface area contributed by atoms with Crippen molar-refractivity contribution in [3.63, 3.8) is 0 Å². The van der Waals surface area contributed by atoms with Crippen LogP contribution in [0.3, 0.4) is 0 Å². The molecule has 0 bridgehead atoms. The molecule has 30 heavy (non-hydrogen) atoms. The van der Waals surface area contributed by atoms with Crippen LogP contribution in [0.4, 0.5) is 5.69 Å². The Balaban J connectivity index is 1.59. The van der Waals surface area contributed by atoms with E-state index in [0.29, 0.717) is 29.8 Å². The number of carbonyl (C=O) groups excluding carboxylic acids is 3. The van der Waals surface area contributed by atoms with Crippen molar-refractivity contribution in [2.75, 3.05) is 12.4 Å². The lowest BCUT2D eigenvalue weighted by Crippen LogP contribution is -2.43. The summed E-state index contributed by atoms with van der Waals surface area (Å²) in [6.07, 6.45) is 0.818. The average Bonchev–Trinajstić information content (AvgIpc) is 2.72. The summed E-state index contributed by atoms with van der Waals surface area (Å²) in [6.45, 7) is 1.94. The van der Waals surface area contributed by atoms with E-state index in [0.717, 1.165) is 16.9 Å². The fourth-order valence-electron chi connectivity index (χ4n) is 4.25. The molecule has 2 aliphatic rings. The maximum atomic E-state index is 13.0. The third kappa shape index (κ3) is 3.99. The van der Waals surface area contributed by atoms with Gasteiger partial charge in [-0.1, -0.05) is 24.3 Å². The van der Waals surface area contributed by atoms with E-state index in [1.807, 2.05) is 49.4 Å². The maximum absolute atomic E-state index is 13.0. The van der Waals surface area contributed by atoms with Gasteiger partial charge >= 0.3 is 0 Å². The fourth-order valence-corrected chi connectivity index (χ4v) is 4.25. The number of benzene rings is 2. The molecule has 0 saturated heterocycles. The van der Waals surface area contributed by atoms with E-state index in [2.05, 4.69) is 10.6 Å². The van der Waals surface area contributed by atoms with Crippen LogP contribution in [0, 0.1) is 12.8 Å². The topological polar surface area (TPSA) is 84.5 Å². The summed E-state index contributed by atoms with van der Waals surface area (Å²) in [6, 6.07) is 15.1. The van der Waals surface area contributed by atoms with Crippen LogP contribution in [0.25, 0.3) is 0 Å². The number of rotatable bonds is 4. The number of aryl methyl sites for hydroxylation is 1. The van der Waals surface area contributed by atoms with Gasteiger partial charge in [-0.3, -0.25) is 14.4 Å². The molecule has 6 nitrogen and oxygen atoms in total.